The normalized spacial score (nSPS) is 26.3. The largest absolute Gasteiger partial charge is 0.488 e. The predicted octanol–water partition coefficient (Wildman–Crippen LogP) is 3.80. The third-order valence-electron chi connectivity index (χ3n) is 4.03. The van der Waals surface area contributed by atoms with E-state index in [9.17, 15) is 0 Å². The number of hydrogen-bond donors (Lipinski definition) is 1. The fourth-order valence-corrected chi connectivity index (χ4v) is 3.07. The van der Waals surface area contributed by atoms with Gasteiger partial charge >= 0.3 is 0 Å². The first-order chi connectivity index (χ1) is 8.44. The van der Waals surface area contributed by atoms with Crippen LogP contribution in [0.3, 0.4) is 0 Å². The molecule has 3 heteroatoms. The van der Waals surface area contributed by atoms with Crippen LogP contribution in [0.5, 0.6) is 5.75 Å². The lowest BCUT2D eigenvalue weighted by molar-refractivity contribution is 0.145. The van der Waals surface area contributed by atoms with Gasteiger partial charge in [0.2, 0.25) is 0 Å². The van der Waals surface area contributed by atoms with Crippen LogP contribution in [-0.2, 0) is 0 Å². The Morgan fingerprint density at radius 1 is 1.39 bits per heavy atom. The fraction of sp³-hybridized carbons (Fsp3) is 0.600. The summed E-state index contributed by atoms with van der Waals surface area (Å²) in [6.45, 7) is 6.64. The minimum atomic E-state index is 0.224. The molecular weight excluding hydrogens is 246 g/mol. The highest BCUT2D eigenvalue weighted by Crippen LogP contribution is 2.39. The molecule has 1 N–H and O–H groups in total. The van der Waals surface area contributed by atoms with Crippen molar-refractivity contribution in [2.24, 2.45) is 5.41 Å². The van der Waals surface area contributed by atoms with Gasteiger partial charge in [-0.2, -0.15) is 0 Å². The van der Waals surface area contributed by atoms with Gasteiger partial charge in [0.05, 0.1) is 0 Å². The highest BCUT2D eigenvalue weighted by Gasteiger charge is 2.42. The average molecular weight is 268 g/mol. The van der Waals surface area contributed by atoms with Crippen molar-refractivity contribution in [3.8, 4) is 5.75 Å². The second-order valence-corrected chi connectivity index (χ2v) is 6.30. The summed E-state index contributed by atoms with van der Waals surface area (Å²) in [6, 6.07) is 6.20. The molecule has 2 unspecified atom stereocenters. The first-order valence-corrected chi connectivity index (χ1v) is 6.92. The van der Waals surface area contributed by atoms with E-state index in [1.807, 2.05) is 25.2 Å². The monoisotopic (exact) mass is 267 g/mol. The van der Waals surface area contributed by atoms with Crippen LogP contribution in [-0.4, -0.2) is 19.2 Å². The Morgan fingerprint density at radius 2 is 2.11 bits per heavy atom. The molecule has 0 aromatic heterocycles. The van der Waals surface area contributed by atoms with Gasteiger partial charge in [0.25, 0.3) is 0 Å². The Balaban J connectivity index is 2.17. The van der Waals surface area contributed by atoms with E-state index in [0.29, 0.717) is 6.04 Å². The molecule has 0 radical (unpaired) electrons. The first-order valence-electron chi connectivity index (χ1n) is 6.54. The molecule has 2 rings (SSSR count). The van der Waals surface area contributed by atoms with E-state index in [-0.39, 0.29) is 11.5 Å². The van der Waals surface area contributed by atoms with Crippen LogP contribution in [0, 0.1) is 12.3 Å². The molecule has 2 atom stereocenters. The van der Waals surface area contributed by atoms with Gasteiger partial charge in [-0.3, -0.25) is 0 Å². The number of nitrogens with one attached hydrogen (secondary N) is 1. The van der Waals surface area contributed by atoms with Crippen molar-refractivity contribution in [2.75, 3.05) is 7.05 Å². The predicted molar refractivity (Wildman–Crippen MR) is 76.5 cm³/mol. The van der Waals surface area contributed by atoms with Crippen molar-refractivity contribution in [3.05, 3.63) is 28.8 Å². The van der Waals surface area contributed by atoms with Gasteiger partial charge < -0.3 is 10.1 Å². The molecule has 1 aliphatic rings. The lowest BCUT2D eigenvalue weighted by atomic mass is 9.87. The number of aryl methyl sites for hydroxylation is 1. The van der Waals surface area contributed by atoms with Crippen LogP contribution in [0.2, 0.25) is 5.02 Å². The van der Waals surface area contributed by atoms with E-state index in [4.69, 9.17) is 16.3 Å². The highest BCUT2D eigenvalue weighted by atomic mass is 35.5. The van der Waals surface area contributed by atoms with Crippen molar-refractivity contribution in [2.45, 2.75) is 45.8 Å². The maximum absolute atomic E-state index is 6.18. The lowest BCUT2D eigenvalue weighted by Crippen LogP contribution is -2.44. The SMILES string of the molecule is CNC1C(Oc2cc(Cl)ccc2C)CCC1(C)C. The third kappa shape index (κ3) is 2.65. The van der Waals surface area contributed by atoms with Crippen LogP contribution in [0.15, 0.2) is 18.2 Å². The van der Waals surface area contributed by atoms with Crippen LogP contribution in [0.1, 0.15) is 32.3 Å². The van der Waals surface area contributed by atoms with Crippen LogP contribution < -0.4 is 10.1 Å². The number of rotatable bonds is 3. The summed E-state index contributed by atoms with van der Waals surface area (Å²) >= 11 is 6.03. The summed E-state index contributed by atoms with van der Waals surface area (Å²) in [4.78, 5) is 0. The molecule has 100 valence electrons. The molecule has 1 fully saturated rings. The Labute approximate surface area is 115 Å². The molecular formula is C15H22ClNO. The first kappa shape index (κ1) is 13.7. The molecule has 1 saturated carbocycles. The summed E-state index contributed by atoms with van der Waals surface area (Å²) < 4.78 is 6.18. The molecule has 1 aromatic rings. The quantitative estimate of drug-likeness (QED) is 0.899. The second-order valence-electron chi connectivity index (χ2n) is 5.86. The average Bonchev–Trinajstić information content (AvgIpc) is 2.58. The van der Waals surface area contributed by atoms with Gasteiger partial charge in [0, 0.05) is 11.1 Å². The summed E-state index contributed by atoms with van der Waals surface area (Å²) in [5, 5.41) is 4.13. The molecule has 0 heterocycles. The molecule has 1 aromatic carbocycles. The van der Waals surface area contributed by atoms with Gasteiger partial charge in [-0.25, -0.2) is 0 Å². The number of halogens is 1. The van der Waals surface area contributed by atoms with Gasteiger partial charge in [0.1, 0.15) is 11.9 Å². The van der Waals surface area contributed by atoms with Crippen LogP contribution in [0.25, 0.3) is 0 Å². The van der Waals surface area contributed by atoms with E-state index < -0.39 is 0 Å². The van der Waals surface area contributed by atoms with Crippen molar-refractivity contribution in [1.82, 2.24) is 5.32 Å². The van der Waals surface area contributed by atoms with Crippen molar-refractivity contribution in [1.29, 1.82) is 0 Å². The van der Waals surface area contributed by atoms with Gasteiger partial charge in [0.15, 0.2) is 0 Å². The minimum absolute atomic E-state index is 0.224. The molecule has 0 spiro atoms. The molecule has 18 heavy (non-hydrogen) atoms. The van der Waals surface area contributed by atoms with Crippen LogP contribution in [0.4, 0.5) is 0 Å². The molecule has 2 nitrogen and oxygen atoms in total. The molecule has 0 amide bonds. The number of ether oxygens (including phenoxy) is 1. The van der Waals surface area contributed by atoms with Crippen molar-refractivity contribution >= 4 is 11.6 Å². The Kier molecular flexibility index (Phi) is 3.88. The van der Waals surface area contributed by atoms with Crippen molar-refractivity contribution < 1.29 is 4.74 Å². The Hall–Kier alpha value is -0.730. The van der Waals surface area contributed by atoms with E-state index >= 15 is 0 Å². The summed E-state index contributed by atoms with van der Waals surface area (Å²) in [7, 11) is 2.01. The zero-order valence-electron chi connectivity index (χ0n) is 11.6. The molecule has 1 aliphatic carbocycles. The van der Waals surface area contributed by atoms with E-state index in [0.717, 1.165) is 22.8 Å². The Morgan fingerprint density at radius 3 is 2.78 bits per heavy atom. The smallest absolute Gasteiger partial charge is 0.124 e. The van der Waals surface area contributed by atoms with Gasteiger partial charge in [-0.1, -0.05) is 31.5 Å². The van der Waals surface area contributed by atoms with E-state index in [1.54, 1.807) is 0 Å². The van der Waals surface area contributed by atoms with Crippen molar-refractivity contribution in [3.63, 3.8) is 0 Å². The third-order valence-corrected chi connectivity index (χ3v) is 4.26. The summed E-state index contributed by atoms with van der Waals surface area (Å²) in [6.07, 6.45) is 2.50. The maximum Gasteiger partial charge on any atom is 0.124 e. The molecule has 0 bridgehead atoms. The number of hydrogen-bond acceptors (Lipinski definition) is 2. The number of benzene rings is 1. The summed E-state index contributed by atoms with van der Waals surface area (Å²) in [5.41, 5.74) is 1.42. The zero-order valence-corrected chi connectivity index (χ0v) is 12.3. The highest BCUT2D eigenvalue weighted by molar-refractivity contribution is 6.30. The Bertz CT molecular complexity index is 431. The lowest BCUT2D eigenvalue weighted by Gasteiger charge is -2.30. The molecule has 0 saturated heterocycles. The van der Waals surface area contributed by atoms with Crippen LogP contribution >= 0.6 is 11.6 Å². The topological polar surface area (TPSA) is 21.3 Å². The van der Waals surface area contributed by atoms with E-state index in [1.165, 1.54) is 6.42 Å². The number of likely N-dealkylation sites (N-methyl/N-ethyl adjacent to an activating group) is 1. The van der Waals surface area contributed by atoms with Gasteiger partial charge in [-0.15, -0.1) is 0 Å². The second kappa shape index (κ2) is 5.10. The standard InChI is InChI=1S/C15H22ClNO/c1-10-5-6-11(16)9-13(10)18-12-7-8-15(2,3)14(12)17-4/h5-6,9,12,14,17H,7-8H2,1-4H3. The minimum Gasteiger partial charge on any atom is -0.488 e. The summed E-state index contributed by atoms with van der Waals surface area (Å²) in [5.74, 6) is 0.908. The maximum atomic E-state index is 6.18. The zero-order chi connectivity index (χ0) is 13.3. The van der Waals surface area contributed by atoms with Gasteiger partial charge in [-0.05, 0) is 49.9 Å². The van der Waals surface area contributed by atoms with E-state index in [2.05, 4.69) is 26.1 Å². The fourth-order valence-electron chi connectivity index (χ4n) is 2.91. The molecule has 0 aliphatic heterocycles.